The number of nitrogens with two attached hydrogens (primary N) is 2. The van der Waals surface area contributed by atoms with Crippen LogP contribution in [0.1, 0.15) is 12.8 Å². The fraction of sp³-hybridized carbons (Fsp3) is 0.308. The first-order valence-corrected chi connectivity index (χ1v) is 8.74. The Bertz CT molecular complexity index is 905. The zero-order valence-corrected chi connectivity index (χ0v) is 13.6. The van der Waals surface area contributed by atoms with Crippen LogP contribution in [0.5, 0.6) is 0 Å². The Kier molecular flexibility index (Phi) is 3.86. The van der Waals surface area contributed by atoms with Gasteiger partial charge in [-0.1, -0.05) is 11.6 Å². The van der Waals surface area contributed by atoms with Gasteiger partial charge in [0.15, 0.2) is 0 Å². The number of rotatable bonds is 2. The lowest BCUT2D eigenvalue weighted by Crippen LogP contribution is -2.35. The number of primary sulfonamides is 1. The summed E-state index contributed by atoms with van der Waals surface area (Å²) in [5.41, 5.74) is 6.35. The number of halogens is 1. The topological polar surface area (TPSA) is 132 Å². The summed E-state index contributed by atoms with van der Waals surface area (Å²) in [6.45, 7) is 1.04. The maximum atomic E-state index is 11.5. The van der Waals surface area contributed by atoms with Crippen molar-refractivity contribution >= 4 is 50.1 Å². The second-order valence-corrected chi connectivity index (χ2v) is 7.22. The van der Waals surface area contributed by atoms with E-state index in [9.17, 15) is 13.2 Å². The highest BCUT2D eigenvalue weighted by molar-refractivity contribution is 7.89. The Morgan fingerprint density at radius 1 is 1.17 bits per heavy atom. The molecule has 0 spiro atoms. The molecule has 0 unspecified atom stereocenters. The van der Waals surface area contributed by atoms with Crippen LogP contribution in [0.4, 0.5) is 11.8 Å². The molecule has 1 saturated heterocycles. The summed E-state index contributed by atoms with van der Waals surface area (Å²) < 4.78 is 23.1. The zero-order chi connectivity index (χ0) is 16.8. The molecule has 2 aromatic rings. The van der Waals surface area contributed by atoms with Crippen LogP contribution in [0.2, 0.25) is 5.02 Å². The third-order valence-electron chi connectivity index (χ3n) is 3.68. The Labute approximate surface area is 137 Å². The Morgan fingerprint density at radius 2 is 1.83 bits per heavy atom. The first kappa shape index (κ1) is 15.9. The van der Waals surface area contributed by atoms with Crippen molar-refractivity contribution in [1.82, 2.24) is 9.97 Å². The van der Waals surface area contributed by atoms with E-state index in [2.05, 4.69) is 9.97 Å². The number of hydrogen-bond donors (Lipinski definition) is 2. The highest BCUT2D eigenvalue weighted by atomic mass is 35.5. The van der Waals surface area contributed by atoms with E-state index in [0.29, 0.717) is 42.8 Å². The third-order valence-corrected chi connectivity index (χ3v) is 5.05. The lowest BCUT2D eigenvalue weighted by molar-refractivity contribution is -0.119. The van der Waals surface area contributed by atoms with Crippen LogP contribution >= 0.6 is 11.6 Å². The van der Waals surface area contributed by atoms with Crippen molar-refractivity contribution in [3.63, 3.8) is 0 Å². The maximum Gasteiger partial charge on any atom is 0.239 e. The van der Waals surface area contributed by atoms with Crippen LogP contribution in [0.3, 0.4) is 0 Å². The number of hydrogen-bond acceptors (Lipinski definition) is 7. The summed E-state index contributed by atoms with van der Waals surface area (Å²) in [4.78, 5) is 21.5. The van der Waals surface area contributed by atoms with Gasteiger partial charge in [0.2, 0.25) is 16.0 Å². The number of anilines is 2. The van der Waals surface area contributed by atoms with Crippen molar-refractivity contribution < 1.29 is 13.2 Å². The van der Waals surface area contributed by atoms with Gasteiger partial charge in [0, 0.05) is 31.3 Å². The van der Waals surface area contributed by atoms with E-state index in [-0.39, 0.29) is 21.5 Å². The number of carbonyl (C=O) groups excluding carboxylic acids is 1. The summed E-state index contributed by atoms with van der Waals surface area (Å²) in [5, 5.41) is 5.45. The van der Waals surface area contributed by atoms with Crippen LogP contribution < -0.4 is 15.8 Å². The number of carbonyl (C=O) groups is 1. The molecule has 0 amide bonds. The van der Waals surface area contributed by atoms with Crippen molar-refractivity contribution in [1.29, 1.82) is 0 Å². The summed E-state index contributed by atoms with van der Waals surface area (Å²) in [6, 6.07) is 2.67. The highest BCUT2D eigenvalue weighted by Crippen LogP contribution is 2.30. The van der Waals surface area contributed by atoms with Gasteiger partial charge in [-0.05, 0) is 12.1 Å². The summed E-state index contributed by atoms with van der Waals surface area (Å²) >= 11 is 5.98. The molecule has 0 aliphatic carbocycles. The summed E-state index contributed by atoms with van der Waals surface area (Å²) in [7, 11) is -3.97. The largest absolute Gasteiger partial charge is 0.383 e. The molecule has 0 radical (unpaired) electrons. The van der Waals surface area contributed by atoms with Crippen LogP contribution in [0.25, 0.3) is 10.9 Å². The molecule has 1 aromatic heterocycles. The van der Waals surface area contributed by atoms with Crippen molar-refractivity contribution in [2.24, 2.45) is 5.14 Å². The van der Waals surface area contributed by atoms with Crippen LogP contribution in [-0.4, -0.2) is 37.3 Å². The average Bonchev–Trinajstić information content (AvgIpc) is 2.45. The molecule has 10 heteroatoms. The van der Waals surface area contributed by atoms with Crippen LogP contribution in [-0.2, 0) is 14.8 Å². The molecule has 23 heavy (non-hydrogen) atoms. The molecule has 1 aliphatic heterocycles. The molecule has 8 nitrogen and oxygen atoms in total. The minimum absolute atomic E-state index is 0.0297. The number of sulfonamides is 1. The van der Waals surface area contributed by atoms with Crippen molar-refractivity contribution in [2.45, 2.75) is 17.7 Å². The average molecular weight is 356 g/mol. The molecule has 0 saturated carbocycles. The molecule has 4 N–H and O–H groups in total. The molecule has 1 fully saturated rings. The quantitative estimate of drug-likeness (QED) is 0.809. The second-order valence-electron chi connectivity index (χ2n) is 5.28. The molecule has 2 heterocycles. The first-order chi connectivity index (χ1) is 10.8. The molecule has 0 bridgehead atoms. The predicted octanol–water partition coefficient (Wildman–Crippen LogP) is 0.682. The summed E-state index contributed by atoms with van der Waals surface area (Å²) in [5.74, 6) is 0.723. The van der Waals surface area contributed by atoms with E-state index in [1.165, 1.54) is 12.1 Å². The van der Waals surface area contributed by atoms with Gasteiger partial charge in [0.25, 0.3) is 0 Å². The van der Waals surface area contributed by atoms with Crippen molar-refractivity contribution in [2.75, 3.05) is 23.7 Å². The fourth-order valence-corrected chi connectivity index (χ4v) is 3.55. The Hall–Kier alpha value is -1.97. The Balaban J connectivity index is 2.10. The standard InChI is InChI=1S/C13H14ClN5O3S/c14-9-6-10-8(5-11(9)23(16,21)22)12(15)18-13(17-10)19-3-1-7(20)2-4-19/h5-6H,1-4H2,(H2,15,17,18)(H2,16,21,22). The normalized spacial score (nSPS) is 16.1. The molecular formula is C13H14ClN5O3S. The lowest BCUT2D eigenvalue weighted by Gasteiger charge is -2.26. The number of ketones is 1. The number of benzene rings is 1. The monoisotopic (exact) mass is 355 g/mol. The van der Waals surface area contributed by atoms with Crippen LogP contribution in [0, 0.1) is 0 Å². The molecular weight excluding hydrogens is 342 g/mol. The van der Waals surface area contributed by atoms with Gasteiger partial charge >= 0.3 is 0 Å². The van der Waals surface area contributed by atoms with Gasteiger partial charge in [-0.15, -0.1) is 0 Å². The van der Waals surface area contributed by atoms with Crippen molar-refractivity contribution in [3.05, 3.63) is 17.2 Å². The van der Waals surface area contributed by atoms with Gasteiger partial charge in [-0.2, -0.15) is 4.98 Å². The number of Topliss-reactive ketones (excluding diaryl/α,β-unsaturated/α-hetero) is 1. The van der Waals surface area contributed by atoms with E-state index >= 15 is 0 Å². The van der Waals surface area contributed by atoms with E-state index in [1.54, 1.807) is 0 Å². The van der Waals surface area contributed by atoms with Gasteiger partial charge in [0.1, 0.15) is 16.5 Å². The van der Waals surface area contributed by atoms with Crippen LogP contribution in [0.15, 0.2) is 17.0 Å². The third kappa shape index (κ3) is 3.07. The molecule has 0 atom stereocenters. The summed E-state index contributed by atoms with van der Waals surface area (Å²) in [6.07, 6.45) is 0.874. The maximum absolute atomic E-state index is 11.5. The van der Waals surface area contributed by atoms with Gasteiger partial charge < -0.3 is 10.6 Å². The minimum atomic E-state index is -3.97. The minimum Gasteiger partial charge on any atom is -0.383 e. The molecule has 1 aromatic carbocycles. The Morgan fingerprint density at radius 3 is 2.43 bits per heavy atom. The van der Waals surface area contributed by atoms with E-state index < -0.39 is 10.0 Å². The number of fused-ring (bicyclic) bond motifs is 1. The van der Waals surface area contributed by atoms with Gasteiger partial charge in [-0.3, -0.25) is 4.79 Å². The zero-order valence-electron chi connectivity index (χ0n) is 12.0. The van der Waals surface area contributed by atoms with Gasteiger partial charge in [-0.25, -0.2) is 18.5 Å². The lowest BCUT2D eigenvalue weighted by atomic mass is 10.1. The number of nitrogen functional groups attached to an aromatic ring is 1. The van der Waals surface area contributed by atoms with Gasteiger partial charge in [0.05, 0.1) is 10.5 Å². The molecule has 1 aliphatic rings. The number of aromatic nitrogens is 2. The first-order valence-electron chi connectivity index (χ1n) is 6.82. The molecule has 122 valence electrons. The SMILES string of the molecule is Nc1nc(N2CCC(=O)CC2)nc2cc(Cl)c(S(N)(=O)=O)cc12. The van der Waals surface area contributed by atoms with E-state index in [4.69, 9.17) is 22.5 Å². The second kappa shape index (κ2) is 5.59. The van der Waals surface area contributed by atoms with E-state index in [1.807, 2.05) is 4.90 Å². The smallest absolute Gasteiger partial charge is 0.239 e. The highest BCUT2D eigenvalue weighted by Gasteiger charge is 2.21. The van der Waals surface area contributed by atoms with Crippen molar-refractivity contribution in [3.8, 4) is 0 Å². The number of nitrogens with zero attached hydrogens (tertiary/aromatic N) is 3. The predicted molar refractivity (Wildman–Crippen MR) is 86.8 cm³/mol. The number of piperidine rings is 1. The van der Waals surface area contributed by atoms with E-state index in [0.717, 1.165) is 0 Å². The fourth-order valence-electron chi connectivity index (χ4n) is 2.46. The molecule has 3 rings (SSSR count).